The molecule has 0 spiro atoms. The van der Waals surface area contributed by atoms with Crippen molar-refractivity contribution in [2.24, 2.45) is 7.05 Å². The lowest BCUT2D eigenvalue weighted by Crippen LogP contribution is -2.47. The van der Waals surface area contributed by atoms with Gasteiger partial charge >= 0.3 is 12.1 Å². The van der Waals surface area contributed by atoms with E-state index in [-0.39, 0.29) is 13.1 Å². The first kappa shape index (κ1) is 22.1. The van der Waals surface area contributed by atoms with Crippen molar-refractivity contribution in [3.63, 3.8) is 0 Å². The van der Waals surface area contributed by atoms with E-state index in [0.29, 0.717) is 19.2 Å². The normalized spacial score (nSPS) is 14.9. The first-order chi connectivity index (χ1) is 15.0. The highest BCUT2D eigenvalue weighted by Crippen LogP contribution is 2.43. The van der Waals surface area contributed by atoms with E-state index in [0.717, 1.165) is 21.3 Å². The maximum absolute atomic E-state index is 15.1. The van der Waals surface area contributed by atoms with Crippen molar-refractivity contribution in [2.75, 3.05) is 36.0 Å². The SMILES string of the molecule is Cc1sccc1N1CCN(c2c(F)cc3c(=O)c(C(=O)O)cn(C)c3c2C(F)(F)F)CC1. The third kappa shape index (κ3) is 3.60. The van der Waals surface area contributed by atoms with Crippen LogP contribution >= 0.6 is 11.3 Å². The van der Waals surface area contributed by atoms with Gasteiger partial charge in [0.05, 0.1) is 22.3 Å². The van der Waals surface area contributed by atoms with Crippen LogP contribution in [0.1, 0.15) is 20.8 Å². The van der Waals surface area contributed by atoms with E-state index in [1.807, 2.05) is 23.3 Å². The monoisotopic (exact) mass is 469 g/mol. The smallest absolute Gasteiger partial charge is 0.420 e. The van der Waals surface area contributed by atoms with Gasteiger partial charge in [-0.15, -0.1) is 11.3 Å². The number of anilines is 2. The molecule has 3 heterocycles. The van der Waals surface area contributed by atoms with Crippen molar-refractivity contribution < 1.29 is 27.5 Å². The number of aryl methyl sites for hydroxylation is 2. The molecule has 32 heavy (non-hydrogen) atoms. The van der Waals surface area contributed by atoms with Crippen LogP contribution < -0.4 is 15.2 Å². The summed E-state index contributed by atoms with van der Waals surface area (Å²) < 4.78 is 58.7. The molecular formula is C21H19F4N3O3S. The number of pyridine rings is 1. The van der Waals surface area contributed by atoms with Crippen molar-refractivity contribution >= 4 is 39.6 Å². The summed E-state index contributed by atoms with van der Waals surface area (Å²) in [6.45, 7) is 3.08. The van der Waals surface area contributed by atoms with Gasteiger partial charge in [0.1, 0.15) is 16.9 Å². The van der Waals surface area contributed by atoms with Crippen LogP contribution in [0.25, 0.3) is 10.9 Å². The Labute approximate surface area is 183 Å². The van der Waals surface area contributed by atoms with Gasteiger partial charge in [-0.1, -0.05) is 0 Å². The number of alkyl halides is 3. The molecule has 1 saturated heterocycles. The quantitative estimate of drug-likeness (QED) is 0.586. The molecular weight excluding hydrogens is 450 g/mol. The third-order valence-electron chi connectivity index (χ3n) is 5.67. The molecule has 0 radical (unpaired) electrons. The van der Waals surface area contributed by atoms with Gasteiger partial charge in [-0.05, 0) is 24.4 Å². The van der Waals surface area contributed by atoms with Crippen molar-refractivity contribution in [2.45, 2.75) is 13.1 Å². The number of hydrogen-bond donors (Lipinski definition) is 1. The Morgan fingerprint density at radius 1 is 1.16 bits per heavy atom. The van der Waals surface area contributed by atoms with Crippen molar-refractivity contribution in [1.29, 1.82) is 0 Å². The number of piperazine rings is 1. The molecule has 1 aromatic carbocycles. The third-order valence-corrected chi connectivity index (χ3v) is 6.51. The Balaban J connectivity index is 1.85. The van der Waals surface area contributed by atoms with Crippen LogP contribution in [-0.2, 0) is 13.2 Å². The first-order valence-corrected chi connectivity index (χ1v) is 10.6. The summed E-state index contributed by atoms with van der Waals surface area (Å²) in [5.74, 6) is -2.80. The molecule has 1 N–H and O–H groups in total. The molecule has 170 valence electrons. The summed E-state index contributed by atoms with van der Waals surface area (Å²) in [5, 5.41) is 10.5. The number of hydrogen-bond acceptors (Lipinski definition) is 5. The summed E-state index contributed by atoms with van der Waals surface area (Å²) in [5.41, 5.74) is -3.30. The molecule has 1 aliphatic heterocycles. The zero-order chi connectivity index (χ0) is 23.4. The molecule has 0 atom stereocenters. The number of carbonyl (C=O) groups is 1. The van der Waals surface area contributed by atoms with Gasteiger partial charge in [0, 0.05) is 44.3 Å². The maximum Gasteiger partial charge on any atom is 0.420 e. The molecule has 2 aromatic heterocycles. The fourth-order valence-corrected chi connectivity index (χ4v) is 4.96. The van der Waals surface area contributed by atoms with E-state index in [1.165, 1.54) is 11.9 Å². The average molecular weight is 469 g/mol. The highest BCUT2D eigenvalue weighted by molar-refractivity contribution is 7.10. The van der Waals surface area contributed by atoms with Crippen molar-refractivity contribution in [3.05, 3.63) is 55.8 Å². The van der Waals surface area contributed by atoms with Crippen LogP contribution in [0.5, 0.6) is 0 Å². The predicted octanol–water partition coefficient (Wildman–Crippen LogP) is 4.09. The second kappa shape index (κ2) is 7.80. The number of halogens is 4. The lowest BCUT2D eigenvalue weighted by molar-refractivity contribution is -0.136. The predicted molar refractivity (Wildman–Crippen MR) is 115 cm³/mol. The molecule has 0 saturated carbocycles. The molecule has 6 nitrogen and oxygen atoms in total. The number of carboxylic acids is 1. The summed E-state index contributed by atoms with van der Waals surface area (Å²) >= 11 is 1.57. The minimum absolute atomic E-state index is 0.155. The lowest BCUT2D eigenvalue weighted by Gasteiger charge is -2.38. The van der Waals surface area contributed by atoms with Crippen molar-refractivity contribution in [1.82, 2.24) is 4.57 Å². The number of benzene rings is 1. The number of aromatic nitrogens is 1. The minimum Gasteiger partial charge on any atom is -0.477 e. The van der Waals surface area contributed by atoms with E-state index >= 15 is 4.39 Å². The fraction of sp³-hybridized carbons (Fsp3) is 0.333. The van der Waals surface area contributed by atoms with Crippen LogP contribution in [0.4, 0.5) is 28.9 Å². The van der Waals surface area contributed by atoms with Crippen LogP contribution in [0.15, 0.2) is 28.5 Å². The molecule has 4 rings (SSSR count). The number of nitrogens with zero attached hydrogens (tertiary/aromatic N) is 3. The second-order valence-electron chi connectivity index (χ2n) is 7.60. The van der Waals surface area contributed by atoms with E-state index in [9.17, 15) is 27.9 Å². The van der Waals surface area contributed by atoms with Crippen LogP contribution in [0.3, 0.4) is 0 Å². The van der Waals surface area contributed by atoms with E-state index in [2.05, 4.69) is 0 Å². The Kier molecular flexibility index (Phi) is 5.40. The highest BCUT2D eigenvalue weighted by atomic mass is 32.1. The summed E-state index contributed by atoms with van der Waals surface area (Å²) in [6, 6.07) is 2.66. The standard InChI is InChI=1S/C21H19F4N3O3S/c1-11-15(3-8-32-11)27-4-6-28(7-5-27)18-14(22)9-12-17(16(18)21(23,24)25)26(2)10-13(19(12)29)20(30)31/h3,8-10H,4-7H2,1-2H3,(H,30,31). The minimum atomic E-state index is -4.97. The van der Waals surface area contributed by atoms with E-state index in [1.54, 1.807) is 11.3 Å². The zero-order valence-electron chi connectivity index (χ0n) is 17.2. The number of aromatic carboxylic acids is 1. The van der Waals surface area contributed by atoms with E-state index < -0.39 is 51.1 Å². The van der Waals surface area contributed by atoms with Gasteiger partial charge in [-0.2, -0.15) is 13.2 Å². The molecule has 0 aliphatic carbocycles. The Morgan fingerprint density at radius 3 is 2.31 bits per heavy atom. The van der Waals surface area contributed by atoms with Gasteiger partial charge in [-0.3, -0.25) is 4.79 Å². The molecule has 1 fully saturated rings. The first-order valence-electron chi connectivity index (χ1n) is 9.71. The average Bonchev–Trinajstić information content (AvgIpc) is 3.15. The topological polar surface area (TPSA) is 65.8 Å². The maximum atomic E-state index is 15.1. The number of thiophene rings is 1. The largest absolute Gasteiger partial charge is 0.477 e. The van der Waals surface area contributed by atoms with Gasteiger partial charge in [0.15, 0.2) is 0 Å². The van der Waals surface area contributed by atoms with Crippen LogP contribution in [0.2, 0.25) is 0 Å². The Morgan fingerprint density at radius 2 is 1.78 bits per heavy atom. The van der Waals surface area contributed by atoms with Gasteiger partial charge in [-0.25, -0.2) is 9.18 Å². The number of rotatable bonds is 3. The van der Waals surface area contributed by atoms with Crippen molar-refractivity contribution in [3.8, 4) is 0 Å². The summed E-state index contributed by atoms with van der Waals surface area (Å²) in [4.78, 5) is 28.3. The van der Waals surface area contributed by atoms with Gasteiger partial charge < -0.3 is 19.5 Å². The molecule has 1 aliphatic rings. The summed E-state index contributed by atoms with van der Waals surface area (Å²) in [7, 11) is 1.21. The van der Waals surface area contributed by atoms with Crippen LogP contribution in [-0.4, -0.2) is 41.8 Å². The number of carboxylic acid groups (broad SMARTS) is 1. The van der Waals surface area contributed by atoms with Gasteiger partial charge in [0.2, 0.25) is 5.43 Å². The molecule has 0 amide bonds. The molecule has 11 heteroatoms. The summed E-state index contributed by atoms with van der Waals surface area (Å²) in [6.07, 6.45) is -4.13. The highest BCUT2D eigenvalue weighted by Gasteiger charge is 2.41. The Bertz CT molecular complexity index is 1270. The molecule has 0 unspecified atom stereocenters. The fourth-order valence-electron chi connectivity index (χ4n) is 4.24. The zero-order valence-corrected chi connectivity index (χ0v) is 18.0. The number of fused-ring (bicyclic) bond motifs is 1. The van der Waals surface area contributed by atoms with Gasteiger partial charge in [0.25, 0.3) is 0 Å². The van der Waals surface area contributed by atoms with E-state index in [4.69, 9.17) is 0 Å². The lowest BCUT2D eigenvalue weighted by atomic mass is 10.0. The van der Waals surface area contributed by atoms with Crippen LogP contribution in [0, 0.1) is 12.7 Å². The Hall–Kier alpha value is -3.08. The molecule has 0 bridgehead atoms. The molecule has 3 aromatic rings. The second-order valence-corrected chi connectivity index (χ2v) is 8.72.